The van der Waals surface area contributed by atoms with Gasteiger partial charge in [0.15, 0.2) is 0 Å². The maximum Gasteiger partial charge on any atom is 0.136 e. The molecule has 50 valence electrons. The Bertz CT molecular complexity index is 156. The van der Waals surface area contributed by atoms with Crippen LogP contribution in [0.1, 0.15) is 6.92 Å². The molecular formula is C5H10N4. The summed E-state index contributed by atoms with van der Waals surface area (Å²) in [7, 11) is 1.57. The summed E-state index contributed by atoms with van der Waals surface area (Å²) in [5.74, 6) is 0.559. The maximum absolute atomic E-state index is 6.85. The summed E-state index contributed by atoms with van der Waals surface area (Å²) in [6.45, 7) is 1.57. The molecule has 0 aliphatic heterocycles. The highest BCUT2D eigenvalue weighted by Crippen LogP contribution is 1.68. The second-order valence-electron chi connectivity index (χ2n) is 1.49. The third kappa shape index (κ3) is 4.67. The highest BCUT2D eigenvalue weighted by atomic mass is 14.9. The molecule has 0 heterocycles. The van der Waals surface area contributed by atoms with Crippen molar-refractivity contribution in [2.24, 2.45) is 15.7 Å². The molecule has 0 aliphatic carbocycles. The average molecular weight is 126 g/mol. The van der Waals surface area contributed by atoms with Crippen LogP contribution in [0.2, 0.25) is 0 Å². The van der Waals surface area contributed by atoms with Crippen LogP contribution in [0.25, 0.3) is 0 Å². The van der Waals surface area contributed by atoms with Gasteiger partial charge in [-0.1, -0.05) is 0 Å². The number of amidine groups is 2. The van der Waals surface area contributed by atoms with Gasteiger partial charge in [-0.25, -0.2) is 4.99 Å². The lowest BCUT2D eigenvalue weighted by Crippen LogP contribution is -2.12. The van der Waals surface area contributed by atoms with E-state index < -0.39 is 0 Å². The molecule has 0 rings (SSSR count). The van der Waals surface area contributed by atoms with Gasteiger partial charge in [-0.15, -0.1) is 0 Å². The molecule has 4 heteroatoms. The van der Waals surface area contributed by atoms with Crippen molar-refractivity contribution in [3.05, 3.63) is 0 Å². The van der Waals surface area contributed by atoms with Crippen LogP contribution in [0.3, 0.4) is 0 Å². The zero-order chi connectivity index (χ0) is 7.28. The first kappa shape index (κ1) is 7.81. The minimum Gasteiger partial charge on any atom is -0.383 e. The molecule has 0 spiro atoms. The van der Waals surface area contributed by atoms with Gasteiger partial charge in [-0.3, -0.25) is 10.4 Å². The Morgan fingerprint density at radius 2 is 2.22 bits per heavy atom. The molecular weight excluding hydrogens is 116 g/mol. The van der Waals surface area contributed by atoms with Crippen LogP contribution in [0.4, 0.5) is 0 Å². The van der Waals surface area contributed by atoms with Crippen LogP contribution in [0.15, 0.2) is 9.98 Å². The SMILES string of the molecule is CN=C(N)C=NC(C)=N. The zero-order valence-electron chi connectivity index (χ0n) is 5.55. The monoisotopic (exact) mass is 126 g/mol. The fourth-order valence-electron chi connectivity index (χ4n) is 0.221. The Balaban J connectivity index is 3.86. The van der Waals surface area contributed by atoms with E-state index in [1.165, 1.54) is 6.21 Å². The van der Waals surface area contributed by atoms with Gasteiger partial charge in [0.05, 0.1) is 6.21 Å². The largest absolute Gasteiger partial charge is 0.383 e. The lowest BCUT2D eigenvalue weighted by molar-refractivity contribution is 1.41. The van der Waals surface area contributed by atoms with E-state index in [4.69, 9.17) is 11.1 Å². The van der Waals surface area contributed by atoms with Crippen LogP contribution in [-0.4, -0.2) is 24.9 Å². The van der Waals surface area contributed by atoms with E-state index in [2.05, 4.69) is 9.98 Å². The summed E-state index contributed by atoms with van der Waals surface area (Å²) in [5, 5.41) is 6.85. The zero-order valence-corrected chi connectivity index (χ0v) is 5.55. The van der Waals surface area contributed by atoms with Gasteiger partial charge in [0.1, 0.15) is 11.7 Å². The van der Waals surface area contributed by atoms with Crippen LogP contribution in [-0.2, 0) is 0 Å². The summed E-state index contributed by atoms with van der Waals surface area (Å²) < 4.78 is 0. The van der Waals surface area contributed by atoms with Crippen molar-refractivity contribution in [1.29, 1.82) is 5.41 Å². The Morgan fingerprint density at radius 1 is 1.67 bits per heavy atom. The van der Waals surface area contributed by atoms with Gasteiger partial charge < -0.3 is 5.73 Å². The molecule has 0 saturated carbocycles. The van der Waals surface area contributed by atoms with Crippen LogP contribution < -0.4 is 5.73 Å². The van der Waals surface area contributed by atoms with Gasteiger partial charge in [0.2, 0.25) is 0 Å². The predicted molar refractivity (Wildman–Crippen MR) is 39.4 cm³/mol. The summed E-state index contributed by atoms with van der Waals surface area (Å²) >= 11 is 0. The second-order valence-corrected chi connectivity index (χ2v) is 1.49. The third-order valence-corrected chi connectivity index (χ3v) is 0.649. The average Bonchev–Trinajstić information content (AvgIpc) is 1.83. The second kappa shape index (κ2) is 3.77. The van der Waals surface area contributed by atoms with Crippen molar-refractivity contribution in [3.63, 3.8) is 0 Å². The molecule has 4 nitrogen and oxygen atoms in total. The summed E-state index contributed by atoms with van der Waals surface area (Å²) in [4.78, 5) is 7.21. The minimum absolute atomic E-state index is 0.224. The number of hydrogen-bond donors (Lipinski definition) is 2. The van der Waals surface area contributed by atoms with Gasteiger partial charge in [-0.05, 0) is 6.92 Å². The van der Waals surface area contributed by atoms with E-state index >= 15 is 0 Å². The molecule has 3 N–H and O–H groups in total. The molecule has 0 fully saturated rings. The van der Waals surface area contributed by atoms with E-state index in [0.29, 0.717) is 5.84 Å². The Hall–Kier alpha value is -1.19. The molecule has 0 radical (unpaired) electrons. The Morgan fingerprint density at radius 3 is 2.56 bits per heavy atom. The smallest absolute Gasteiger partial charge is 0.136 e. The van der Waals surface area contributed by atoms with Crippen molar-refractivity contribution in [2.75, 3.05) is 7.05 Å². The molecule has 0 amide bonds. The summed E-state index contributed by atoms with van der Waals surface area (Å²) in [5.41, 5.74) is 5.23. The van der Waals surface area contributed by atoms with E-state index in [9.17, 15) is 0 Å². The van der Waals surface area contributed by atoms with Crippen molar-refractivity contribution in [3.8, 4) is 0 Å². The lowest BCUT2D eigenvalue weighted by Gasteiger charge is -1.85. The van der Waals surface area contributed by atoms with Gasteiger partial charge in [-0.2, -0.15) is 0 Å². The fraction of sp³-hybridized carbons (Fsp3) is 0.400. The van der Waals surface area contributed by atoms with Crippen LogP contribution >= 0.6 is 0 Å². The van der Waals surface area contributed by atoms with Gasteiger partial charge in [0, 0.05) is 7.05 Å². The van der Waals surface area contributed by atoms with Crippen molar-refractivity contribution in [2.45, 2.75) is 6.92 Å². The fourth-order valence-corrected chi connectivity index (χ4v) is 0.221. The molecule has 0 unspecified atom stereocenters. The number of rotatable bonds is 1. The van der Waals surface area contributed by atoms with E-state index in [1.807, 2.05) is 0 Å². The lowest BCUT2D eigenvalue weighted by atomic mass is 10.6. The molecule has 9 heavy (non-hydrogen) atoms. The molecule has 0 aromatic rings. The molecule has 0 aliphatic rings. The molecule has 0 atom stereocenters. The first-order valence-corrected chi connectivity index (χ1v) is 2.48. The maximum atomic E-state index is 6.85. The first-order valence-electron chi connectivity index (χ1n) is 2.48. The number of nitrogens with one attached hydrogen (secondary N) is 1. The number of nitrogens with zero attached hydrogens (tertiary/aromatic N) is 2. The quantitative estimate of drug-likeness (QED) is 0.378. The molecule has 0 bridgehead atoms. The number of nitrogens with two attached hydrogens (primary N) is 1. The topological polar surface area (TPSA) is 74.6 Å². The van der Waals surface area contributed by atoms with Crippen LogP contribution in [0, 0.1) is 5.41 Å². The summed E-state index contributed by atoms with van der Waals surface area (Å²) in [6.07, 6.45) is 1.35. The standard InChI is InChI=1S/C5H10N4/c1-4(6)9-3-5(7)8-2/h3,6H,1-2H3,(H2,7,8). The number of aliphatic imine (C=N–C) groups is 2. The van der Waals surface area contributed by atoms with Crippen molar-refractivity contribution in [1.82, 2.24) is 0 Å². The minimum atomic E-state index is 0.224. The first-order chi connectivity index (χ1) is 4.16. The number of hydrogen-bond acceptors (Lipinski definition) is 2. The van der Waals surface area contributed by atoms with Crippen molar-refractivity contribution < 1.29 is 0 Å². The Kier molecular flexibility index (Phi) is 3.27. The van der Waals surface area contributed by atoms with Gasteiger partial charge >= 0.3 is 0 Å². The van der Waals surface area contributed by atoms with Crippen LogP contribution in [0.5, 0.6) is 0 Å². The predicted octanol–water partition coefficient (Wildman–Crippen LogP) is 0.0414. The summed E-state index contributed by atoms with van der Waals surface area (Å²) in [6, 6.07) is 0. The van der Waals surface area contributed by atoms with E-state index in [-0.39, 0.29) is 5.84 Å². The Labute approximate surface area is 54.0 Å². The van der Waals surface area contributed by atoms with E-state index in [1.54, 1.807) is 14.0 Å². The van der Waals surface area contributed by atoms with E-state index in [0.717, 1.165) is 0 Å². The highest BCUT2D eigenvalue weighted by Gasteiger charge is 1.80. The normalized spacial score (nSPS) is 12.4. The molecule has 0 saturated heterocycles. The molecule has 0 aromatic heterocycles. The highest BCUT2D eigenvalue weighted by molar-refractivity contribution is 6.30. The van der Waals surface area contributed by atoms with Crippen molar-refractivity contribution >= 4 is 17.9 Å². The molecule has 0 aromatic carbocycles. The van der Waals surface area contributed by atoms with Gasteiger partial charge in [0.25, 0.3) is 0 Å². The third-order valence-electron chi connectivity index (χ3n) is 0.649.